The van der Waals surface area contributed by atoms with Crippen LogP contribution in [0.2, 0.25) is 0 Å². The van der Waals surface area contributed by atoms with Crippen LogP contribution in [0.3, 0.4) is 0 Å². The highest BCUT2D eigenvalue weighted by Crippen LogP contribution is 2.45. The van der Waals surface area contributed by atoms with Crippen LogP contribution >= 0.6 is 0 Å². The number of aliphatic imine (C=N–C) groups is 1. The van der Waals surface area contributed by atoms with E-state index in [-0.39, 0.29) is 18.1 Å². The number of aromatic nitrogens is 1. The highest BCUT2D eigenvalue weighted by atomic mass is 19.3. The fraction of sp³-hybridized carbons (Fsp3) is 0.417. The number of nitrogens with zero attached hydrogens (tertiary/aromatic N) is 3. The molecule has 3 heterocycles. The van der Waals surface area contributed by atoms with E-state index in [0.29, 0.717) is 11.3 Å². The van der Waals surface area contributed by atoms with Crippen LogP contribution in [-0.2, 0) is 4.74 Å². The number of alkyl halides is 2. The molecule has 3 rings (SSSR count). The van der Waals surface area contributed by atoms with E-state index in [0.717, 1.165) is 0 Å². The number of carbonyl (C=O) groups excluding carboxylic acids is 1. The van der Waals surface area contributed by atoms with E-state index in [1.54, 1.807) is 0 Å². The van der Waals surface area contributed by atoms with Gasteiger partial charge in [0, 0.05) is 12.0 Å². The van der Waals surface area contributed by atoms with E-state index < -0.39 is 24.5 Å². The van der Waals surface area contributed by atoms with Crippen molar-refractivity contribution in [3.05, 3.63) is 23.5 Å². The molecule has 6 nitrogen and oxygen atoms in total. The van der Waals surface area contributed by atoms with Gasteiger partial charge in [-0.1, -0.05) is 0 Å². The summed E-state index contributed by atoms with van der Waals surface area (Å²) in [5.41, 5.74) is 6.70. The second-order valence-corrected chi connectivity index (χ2v) is 4.79. The number of ether oxygens (including phenoxy) is 1. The lowest BCUT2D eigenvalue weighted by atomic mass is 10.0. The van der Waals surface area contributed by atoms with Crippen molar-refractivity contribution in [2.75, 3.05) is 13.7 Å². The largest absolute Gasteiger partial charge is 0.464 e. The normalized spacial score (nSPS) is 22.9. The minimum atomic E-state index is -2.83. The van der Waals surface area contributed by atoms with Crippen molar-refractivity contribution >= 4 is 17.6 Å². The van der Waals surface area contributed by atoms with Crippen LogP contribution in [0.15, 0.2) is 17.3 Å². The minimum absolute atomic E-state index is 0.0484. The van der Waals surface area contributed by atoms with Crippen molar-refractivity contribution < 1.29 is 18.3 Å². The molecule has 1 aromatic heterocycles. The average Bonchev–Trinajstić information content (AvgIpc) is 2.74. The Hall–Kier alpha value is -2.25. The van der Waals surface area contributed by atoms with Crippen molar-refractivity contribution in [1.82, 2.24) is 9.88 Å². The quantitative estimate of drug-likeness (QED) is 0.783. The minimum Gasteiger partial charge on any atom is -0.464 e. The van der Waals surface area contributed by atoms with Crippen molar-refractivity contribution in [2.45, 2.75) is 18.4 Å². The summed E-state index contributed by atoms with van der Waals surface area (Å²) >= 11 is 0. The van der Waals surface area contributed by atoms with Crippen LogP contribution in [0.25, 0.3) is 0 Å². The molecule has 106 valence electrons. The molecule has 1 atom stereocenters. The molecule has 2 aliphatic rings. The number of nitrogens with two attached hydrogens (primary N) is 1. The predicted octanol–water partition coefficient (Wildman–Crippen LogP) is 1.21. The van der Waals surface area contributed by atoms with Gasteiger partial charge in [0.2, 0.25) is 0 Å². The Morgan fingerprint density at radius 2 is 2.35 bits per heavy atom. The molecule has 2 aliphatic heterocycles. The van der Waals surface area contributed by atoms with Crippen molar-refractivity contribution in [3.8, 4) is 0 Å². The van der Waals surface area contributed by atoms with Gasteiger partial charge in [0.1, 0.15) is 5.69 Å². The molecular weight excluding hydrogens is 270 g/mol. The lowest BCUT2D eigenvalue weighted by molar-refractivity contribution is 0.0164. The van der Waals surface area contributed by atoms with Gasteiger partial charge in [-0.15, -0.1) is 0 Å². The zero-order chi connectivity index (χ0) is 14.5. The van der Waals surface area contributed by atoms with Crippen LogP contribution in [-0.4, -0.2) is 41.4 Å². The van der Waals surface area contributed by atoms with Gasteiger partial charge in [0.05, 0.1) is 31.6 Å². The fourth-order valence-electron chi connectivity index (χ4n) is 2.56. The van der Waals surface area contributed by atoms with Gasteiger partial charge in [-0.05, 0) is 6.07 Å². The molecule has 8 heteroatoms. The zero-order valence-corrected chi connectivity index (χ0v) is 10.6. The lowest BCUT2D eigenvalue weighted by Gasteiger charge is -2.29. The Morgan fingerprint density at radius 3 is 3.05 bits per heavy atom. The number of pyridine rings is 1. The third-order valence-corrected chi connectivity index (χ3v) is 3.47. The number of esters is 1. The van der Waals surface area contributed by atoms with Gasteiger partial charge in [-0.3, -0.25) is 0 Å². The van der Waals surface area contributed by atoms with Crippen LogP contribution in [0.5, 0.6) is 0 Å². The second kappa shape index (κ2) is 4.12. The first-order valence-corrected chi connectivity index (χ1v) is 5.98. The second-order valence-electron chi connectivity index (χ2n) is 4.79. The summed E-state index contributed by atoms with van der Waals surface area (Å²) in [6.07, 6.45) is 0.989. The highest BCUT2D eigenvalue weighted by molar-refractivity contribution is 5.89. The number of guanidine groups is 1. The van der Waals surface area contributed by atoms with E-state index in [9.17, 15) is 13.6 Å². The number of hydrogen-bond donors (Lipinski definition) is 1. The van der Waals surface area contributed by atoms with Crippen molar-refractivity contribution in [1.29, 1.82) is 0 Å². The summed E-state index contributed by atoms with van der Waals surface area (Å²) in [6, 6.07) is 0.847. The fourth-order valence-corrected chi connectivity index (χ4v) is 2.56. The molecule has 1 fully saturated rings. The number of methoxy groups -OCH3 is 1. The molecule has 0 unspecified atom stereocenters. The molecule has 0 aliphatic carbocycles. The van der Waals surface area contributed by atoms with E-state index in [2.05, 4.69) is 14.7 Å². The van der Waals surface area contributed by atoms with Crippen molar-refractivity contribution in [2.24, 2.45) is 10.7 Å². The SMILES string of the molecule is COC(=O)c1cc2c(cn1)N=C(N)N1CC(F)(F)C[C@H]21. The third kappa shape index (κ3) is 1.87. The molecule has 2 N–H and O–H groups in total. The van der Waals surface area contributed by atoms with Crippen LogP contribution < -0.4 is 5.73 Å². The Balaban J connectivity index is 2.08. The molecule has 0 saturated carbocycles. The van der Waals surface area contributed by atoms with Crippen LogP contribution in [0.1, 0.15) is 28.5 Å². The highest BCUT2D eigenvalue weighted by Gasteiger charge is 2.48. The molecule has 0 spiro atoms. The lowest BCUT2D eigenvalue weighted by Crippen LogP contribution is -2.40. The molecule has 0 bridgehead atoms. The maximum Gasteiger partial charge on any atom is 0.356 e. The van der Waals surface area contributed by atoms with Gasteiger partial charge in [0.25, 0.3) is 5.92 Å². The number of halogens is 2. The van der Waals surface area contributed by atoms with E-state index in [1.807, 2.05) is 0 Å². The molecule has 0 aromatic carbocycles. The standard InChI is InChI=1S/C12H12F2N4O2/c1-20-10(19)7-2-6-8(4-16-7)17-11(15)18-5-12(13,14)3-9(6)18/h2,4,9H,3,5H2,1H3,(H2,15,17)/t9-/m1/s1. The number of rotatable bonds is 1. The first-order valence-electron chi connectivity index (χ1n) is 5.98. The Bertz CT molecular complexity index is 617. The number of fused-ring (bicyclic) bond motifs is 3. The van der Waals surface area contributed by atoms with Gasteiger partial charge < -0.3 is 15.4 Å². The predicted molar refractivity (Wildman–Crippen MR) is 65.9 cm³/mol. The first-order chi connectivity index (χ1) is 9.41. The maximum atomic E-state index is 13.6. The van der Waals surface area contributed by atoms with Gasteiger partial charge >= 0.3 is 5.97 Å². The van der Waals surface area contributed by atoms with Crippen LogP contribution in [0, 0.1) is 0 Å². The molecule has 0 amide bonds. The summed E-state index contributed by atoms with van der Waals surface area (Å²) in [5, 5.41) is 0. The van der Waals surface area contributed by atoms with Crippen molar-refractivity contribution in [3.63, 3.8) is 0 Å². The molecule has 1 saturated heterocycles. The molecule has 0 radical (unpaired) electrons. The smallest absolute Gasteiger partial charge is 0.356 e. The van der Waals surface area contributed by atoms with Gasteiger partial charge in [0.15, 0.2) is 5.96 Å². The Kier molecular flexibility index (Phi) is 2.63. The zero-order valence-electron chi connectivity index (χ0n) is 10.6. The molecule has 20 heavy (non-hydrogen) atoms. The van der Waals surface area contributed by atoms with Crippen LogP contribution in [0.4, 0.5) is 14.5 Å². The molecule has 1 aromatic rings. The summed E-state index contributed by atoms with van der Waals surface area (Å²) in [4.78, 5) is 20.8. The Labute approximate surface area is 113 Å². The number of carbonyl (C=O) groups is 1. The monoisotopic (exact) mass is 282 g/mol. The summed E-state index contributed by atoms with van der Waals surface area (Å²) in [7, 11) is 1.23. The van der Waals surface area contributed by atoms with E-state index in [1.165, 1.54) is 24.3 Å². The number of hydrogen-bond acceptors (Lipinski definition) is 6. The summed E-state index contributed by atoms with van der Waals surface area (Å²) in [5.74, 6) is -3.40. The topological polar surface area (TPSA) is 80.8 Å². The van der Waals surface area contributed by atoms with E-state index in [4.69, 9.17) is 5.73 Å². The third-order valence-electron chi connectivity index (χ3n) is 3.47. The average molecular weight is 282 g/mol. The summed E-state index contributed by atoms with van der Waals surface area (Å²) < 4.78 is 31.7. The Morgan fingerprint density at radius 1 is 1.60 bits per heavy atom. The molecular formula is C12H12F2N4O2. The van der Waals surface area contributed by atoms with Gasteiger partial charge in [-0.2, -0.15) is 0 Å². The summed E-state index contributed by atoms with van der Waals surface area (Å²) in [6.45, 7) is -0.470. The maximum absolute atomic E-state index is 13.6. The van der Waals surface area contributed by atoms with E-state index >= 15 is 0 Å². The van der Waals surface area contributed by atoms with Gasteiger partial charge in [-0.25, -0.2) is 23.6 Å². The first kappa shape index (κ1) is 12.8.